The van der Waals surface area contributed by atoms with Gasteiger partial charge in [-0.15, -0.1) is 0 Å². The van der Waals surface area contributed by atoms with E-state index in [9.17, 15) is 4.79 Å². The second-order valence-electron chi connectivity index (χ2n) is 4.84. The largest absolute Gasteiger partial charge is 0.493 e. The lowest BCUT2D eigenvalue weighted by Crippen LogP contribution is -2.58. The first-order valence-corrected chi connectivity index (χ1v) is 6.82. The van der Waals surface area contributed by atoms with E-state index in [4.69, 9.17) is 35.5 Å². The molecule has 10 heteroatoms. The summed E-state index contributed by atoms with van der Waals surface area (Å²) in [7, 11) is 1.42. The Balaban J connectivity index is 0.000000240. The summed E-state index contributed by atoms with van der Waals surface area (Å²) < 4.78 is 9.41. The Labute approximate surface area is 137 Å². The third-order valence-electron chi connectivity index (χ3n) is 3.29. The molecule has 2 rings (SSSR count). The van der Waals surface area contributed by atoms with Crippen molar-refractivity contribution in [3.05, 3.63) is 23.8 Å². The number of aliphatic hydroxyl groups is 5. The Bertz CT molecular complexity index is 518. The summed E-state index contributed by atoms with van der Waals surface area (Å²) >= 11 is 0. The molecule has 0 radical (unpaired) electrons. The number of rotatable bonds is 4. The first kappa shape index (κ1) is 20.3. The smallest absolute Gasteiger partial charge is 0.206 e. The molecule has 1 aliphatic heterocycles. The molecule has 6 N–H and O–H groups in total. The fourth-order valence-corrected chi connectivity index (χ4v) is 1.91. The van der Waals surface area contributed by atoms with Crippen molar-refractivity contribution >= 4 is 6.29 Å². The highest BCUT2D eigenvalue weighted by Gasteiger charge is 2.42. The van der Waals surface area contributed by atoms with Crippen molar-refractivity contribution in [2.24, 2.45) is 0 Å². The van der Waals surface area contributed by atoms with Gasteiger partial charge in [0, 0.05) is 5.56 Å². The topological polar surface area (TPSA) is 166 Å². The molecule has 1 fully saturated rings. The van der Waals surface area contributed by atoms with Gasteiger partial charge in [0.05, 0.1) is 13.7 Å². The molecule has 1 aromatic rings. The first-order valence-electron chi connectivity index (χ1n) is 6.82. The third kappa shape index (κ3) is 4.85. The summed E-state index contributed by atoms with van der Waals surface area (Å²) in [6.07, 6.45) is -6.36. The molecule has 0 amide bonds. The average Bonchev–Trinajstić information content (AvgIpc) is 2.62. The van der Waals surface area contributed by atoms with Crippen molar-refractivity contribution in [2.45, 2.75) is 30.7 Å². The molecule has 0 aliphatic carbocycles. The van der Waals surface area contributed by atoms with Gasteiger partial charge in [-0.25, -0.2) is 5.26 Å². The standard InChI is InChI=1S/C8H8O4.C6H12O6/c1-11-8-4-6(5-9)2-3-7(8)12-10;7-1-2-3(8)4(9)5(10)6(11)12-2/h2-5,10H,1H3;2-11H,1H2/t;2-,3-,4+,5-,6?/m.1/s1. The zero-order chi connectivity index (χ0) is 18.3. The van der Waals surface area contributed by atoms with Gasteiger partial charge >= 0.3 is 0 Å². The number of methoxy groups -OCH3 is 1. The van der Waals surface area contributed by atoms with E-state index in [1.807, 2.05) is 0 Å². The van der Waals surface area contributed by atoms with Crippen LogP contribution in [-0.4, -0.2) is 81.5 Å². The van der Waals surface area contributed by atoms with Crippen LogP contribution in [0.2, 0.25) is 0 Å². The Morgan fingerprint density at radius 1 is 1.12 bits per heavy atom. The molecule has 24 heavy (non-hydrogen) atoms. The molecule has 1 saturated heterocycles. The van der Waals surface area contributed by atoms with Crippen molar-refractivity contribution in [1.29, 1.82) is 0 Å². The molecular weight excluding hydrogens is 328 g/mol. The summed E-state index contributed by atoms with van der Waals surface area (Å²) in [5.74, 6) is 0.505. The van der Waals surface area contributed by atoms with E-state index in [-0.39, 0.29) is 5.75 Å². The van der Waals surface area contributed by atoms with Crippen molar-refractivity contribution in [2.75, 3.05) is 13.7 Å². The molecule has 0 saturated carbocycles. The zero-order valence-electron chi connectivity index (χ0n) is 12.7. The fraction of sp³-hybridized carbons (Fsp3) is 0.500. The van der Waals surface area contributed by atoms with Crippen LogP contribution >= 0.6 is 0 Å². The molecule has 1 unspecified atom stereocenters. The summed E-state index contributed by atoms with van der Waals surface area (Å²) in [4.78, 5) is 14.3. The molecule has 1 aliphatic rings. The van der Waals surface area contributed by atoms with Crippen LogP contribution in [0.25, 0.3) is 0 Å². The number of carbonyl (C=O) groups excluding carboxylic acids is 1. The van der Waals surface area contributed by atoms with E-state index < -0.39 is 37.3 Å². The van der Waals surface area contributed by atoms with Crippen LogP contribution in [0.1, 0.15) is 10.4 Å². The van der Waals surface area contributed by atoms with Gasteiger partial charge in [0.25, 0.3) is 0 Å². The molecule has 1 aromatic carbocycles. The molecular formula is C14H20O10. The summed E-state index contributed by atoms with van der Waals surface area (Å²) in [6, 6.07) is 4.43. The van der Waals surface area contributed by atoms with Crippen molar-refractivity contribution in [1.82, 2.24) is 0 Å². The maximum absolute atomic E-state index is 10.3. The van der Waals surface area contributed by atoms with Gasteiger partial charge < -0.3 is 39.9 Å². The monoisotopic (exact) mass is 348 g/mol. The quantitative estimate of drug-likeness (QED) is 0.206. The SMILES string of the molecule is COc1cc(C=O)ccc1OO.OC[C@H]1OC(O)[C@H](O)[C@@H](O)[C@@H]1O. The van der Waals surface area contributed by atoms with Gasteiger partial charge in [-0.05, 0) is 18.2 Å². The second-order valence-corrected chi connectivity index (χ2v) is 4.84. The van der Waals surface area contributed by atoms with E-state index in [1.54, 1.807) is 0 Å². The Hall–Kier alpha value is -1.79. The van der Waals surface area contributed by atoms with E-state index in [1.165, 1.54) is 25.3 Å². The highest BCUT2D eigenvalue weighted by Crippen LogP contribution is 2.26. The number of hydrogen-bond acceptors (Lipinski definition) is 10. The third-order valence-corrected chi connectivity index (χ3v) is 3.29. The second kappa shape index (κ2) is 9.49. The Kier molecular flexibility index (Phi) is 8.01. The van der Waals surface area contributed by atoms with Crippen LogP contribution < -0.4 is 9.62 Å². The lowest BCUT2D eigenvalue weighted by Gasteiger charge is -2.37. The van der Waals surface area contributed by atoms with Crippen molar-refractivity contribution in [3.8, 4) is 11.5 Å². The highest BCUT2D eigenvalue weighted by molar-refractivity contribution is 5.76. The van der Waals surface area contributed by atoms with Crippen molar-refractivity contribution in [3.63, 3.8) is 0 Å². The average molecular weight is 348 g/mol. The predicted octanol–water partition coefficient (Wildman–Crippen LogP) is -1.86. The molecule has 0 spiro atoms. The molecule has 0 aromatic heterocycles. The van der Waals surface area contributed by atoms with Crippen LogP contribution in [0, 0.1) is 0 Å². The maximum atomic E-state index is 10.3. The van der Waals surface area contributed by atoms with Crippen LogP contribution in [0.5, 0.6) is 11.5 Å². The zero-order valence-corrected chi connectivity index (χ0v) is 12.7. The van der Waals surface area contributed by atoms with Crippen molar-refractivity contribution < 1.29 is 49.9 Å². The molecule has 5 atom stereocenters. The molecule has 1 heterocycles. The van der Waals surface area contributed by atoms with Crippen LogP contribution in [0.3, 0.4) is 0 Å². The van der Waals surface area contributed by atoms with Gasteiger partial charge in [0.15, 0.2) is 12.0 Å². The minimum absolute atomic E-state index is 0.183. The highest BCUT2D eigenvalue weighted by atomic mass is 17.1. The lowest BCUT2D eigenvalue weighted by atomic mass is 10.00. The van der Waals surface area contributed by atoms with E-state index in [0.29, 0.717) is 17.6 Å². The molecule has 136 valence electrons. The minimum Gasteiger partial charge on any atom is -0.493 e. The summed E-state index contributed by atoms with van der Waals surface area (Å²) in [5, 5.41) is 53.0. The number of aliphatic hydroxyl groups excluding tert-OH is 5. The van der Waals surface area contributed by atoms with E-state index >= 15 is 0 Å². The van der Waals surface area contributed by atoms with Gasteiger partial charge in [-0.2, -0.15) is 0 Å². The number of carbonyl (C=O) groups is 1. The summed E-state index contributed by atoms with van der Waals surface area (Å²) in [5.41, 5.74) is 0.465. The van der Waals surface area contributed by atoms with E-state index in [0.717, 1.165) is 0 Å². The first-order chi connectivity index (χ1) is 11.4. The van der Waals surface area contributed by atoms with Crippen LogP contribution in [-0.2, 0) is 4.74 Å². The summed E-state index contributed by atoms with van der Waals surface area (Å²) in [6.45, 7) is -0.526. The minimum atomic E-state index is -1.57. The van der Waals surface area contributed by atoms with E-state index in [2.05, 4.69) is 9.62 Å². The molecule has 0 bridgehead atoms. The van der Waals surface area contributed by atoms with Gasteiger partial charge in [0.2, 0.25) is 5.75 Å². The van der Waals surface area contributed by atoms with Gasteiger partial charge in [-0.1, -0.05) is 0 Å². The Morgan fingerprint density at radius 2 is 1.79 bits per heavy atom. The number of hydrogen-bond donors (Lipinski definition) is 6. The Morgan fingerprint density at radius 3 is 2.29 bits per heavy atom. The van der Waals surface area contributed by atoms with Gasteiger partial charge in [-0.3, -0.25) is 4.79 Å². The maximum Gasteiger partial charge on any atom is 0.206 e. The fourth-order valence-electron chi connectivity index (χ4n) is 1.91. The lowest BCUT2D eigenvalue weighted by molar-refractivity contribution is -0.286. The van der Waals surface area contributed by atoms with Crippen LogP contribution in [0.4, 0.5) is 0 Å². The molecule has 10 nitrogen and oxygen atoms in total. The number of benzene rings is 1. The van der Waals surface area contributed by atoms with Gasteiger partial charge in [0.1, 0.15) is 30.7 Å². The number of ether oxygens (including phenoxy) is 2. The van der Waals surface area contributed by atoms with Crippen LogP contribution in [0.15, 0.2) is 18.2 Å². The predicted molar refractivity (Wildman–Crippen MR) is 77.6 cm³/mol. The number of aldehydes is 1. The normalized spacial score (nSPS) is 29.2.